The molecule has 0 amide bonds. The van der Waals surface area contributed by atoms with E-state index < -0.39 is 0 Å². The van der Waals surface area contributed by atoms with E-state index >= 15 is 0 Å². The number of hydrogen-bond donors (Lipinski definition) is 0. The number of nitro groups is 1. The molecule has 0 saturated carbocycles. The quantitative estimate of drug-likeness (QED) is 0.166. The van der Waals surface area contributed by atoms with E-state index in [1.807, 2.05) is 6.92 Å². The molecule has 0 radical (unpaired) electrons. The number of hydrogen-bond acceptors (Lipinski definition) is 2. The van der Waals surface area contributed by atoms with Gasteiger partial charge >= 0.3 is 0 Å². The third-order valence-corrected chi connectivity index (χ3v) is 4.66. The minimum Gasteiger partial charge on any atom is -0.264 e. The molecule has 22 heavy (non-hydrogen) atoms. The molecule has 1 atom stereocenters. The fraction of sp³-hybridized carbons (Fsp3) is 1.00. The Morgan fingerprint density at radius 1 is 0.682 bits per heavy atom. The van der Waals surface area contributed by atoms with Crippen LogP contribution in [0.2, 0.25) is 0 Å². The molecule has 0 spiro atoms. The Morgan fingerprint density at radius 2 is 1.05 bits per heavy atom. The van der Waals surface area contributed by atoms with Gasteiger partial charge in [0.15, 0.2) is 0 Å². The van der Waals surface area contributed by atoms with Crippen LogP contribution in [0.3, 0.4) is 0 Å². The Morgan fingerprint density at radius 3 is 1.36 bits per heavy atom. The van der Waals surface area contributed by atoms with Crippen LogP contribution in [0.25, 0.3) is 0 Å². The Labute approximate surface area is 138 Å². The second kappa shape index (κ2) is 16.8. The molecule has 0 aliphatic carbocycles. The van der Waals surface area contributed by atoms with E-state index in [4.69, 9.17) is 0 Å². The van der Waals surface area contributed by atoms with Gasteiger partial charge in [-0.25, -0.2) is 0 Å². The first-order valence-corrected chi connectivity index (χ1v) is 9.85. The van der Waals surface area contributed by atoms with Gasteiger partial charge in [0.25, 0.3) is 0 Å². The van der Waals surface area contributed by atoms with E-state index in [2.05, 4.69) is 6.92 Å². The summed E-state index contributed by atoms with van der Waals surface area (Å²) in [5.74, 6) is 0. The third kappa shape index (κ3) is 14.3. The third-order valence-electron chi connectivity index (χ3n) is 4.66. The van der Waals surface area contributed by atoms with Crippen molar-refractivity contribution in [3.05, 3.63) is 10.1 Å². The van der Waals surface area contributed by atoms with Crippen LogP contribution in [0.15, 0.2) is 0 Å². The summed E-state index contributed by atoms with van der Waals surface area (Å²) >= 11 is 0. The van der Waals surface area contributed by atoms with Gasteiger partial charge in [-0.2, -0.15) is 0 Å². The molecule has 0 aromatic heterocycles. The molecule has 0 N–H and O–H groups in total. The molecule has 0 saturated heterocycles. The molecular formula is C19H39NO2. The van der Waals surface area contributed by atoms with Crippen LogP contribution in [0.5, 0.6) is 0 Å². The maximum absolute atomic E-state index is 10.7. The van der Waals surface area contributed by atoms with Crippen LogP contribution >= 0.6 is 0 Å². The Hall–Kier alpha value is -0.600. The average Bonchev–Trinajstić information content (AvgIpc) is 2.51. The van der Waals surface area contributed by atoms with E-state index in [-0.39, 0.29) is 11.0 Å². The zero-order valence-corrected chi connectivity index (χ0v) is 15.2. The van der Waals surface area contributed by atoms with E-state index in [9.17, 15) is 10.1 Å². The predicted molar refractivity (Wildman–Crippen MR) is 96.0 cm³/mol. The molecule has 3 nitrogen and oxygen atoms in total. The molecule has 1 unspecified atom stereocenters. The van der Waals surface area contributed by atoms with Crippen molar-refractivity contribution >= 4 is 0 Å². The highest BCUT2D eigenvalue weighted by Gasteiger charge is 2.15. The summed E-state index contributed by atoms with van der Waals surface area (Å²) in [6.45, 7) is 4.18. The predicted octanol–water partition coefficient (Wildman–Crippen LogP) is 6.91. The first kappa shape index (κ1) is 21.4. The molecule has 0 fully saturated rings. The van der Waals surface area contributed by atoms with Crippen LogP contribution in [0.1, 0.15) is 117 Å². The van der Waals surface area contributed by atoms with E-state index in [0.29, 0.717) is 6.42 Å². The number of rotatable bonds is 17. The van der Waals surface area contributed by atoms with Crippen LogP contribution < -0.4 is 0 Å². The zero-order chi connectivity index (χ0) is 16.5. The standard InChI is InChI=1S/C19H39NO2/c1-3-5-6-7-8-9-10-11-12-13-14-15-16-17-18-19(4-2)20(21)22/h19H,3-18H2,1-2H3. The topological polar surface area (TPSA) is 43.1 Å². The minimum atomic E-state index is -0.308. The van der Waals surface area contributed by atoms with Crippen LogP contribution in [0.4, 0.5) is 0 Å². The van der Waals surface area contributed by atoms with Gasteiger partial charge in [-0.05, 0) is 6.42 Å². The highest BCUT2D eigenvalue weighted by molar-refractivity contribution is 4.55. The smallest absolute Gasteiger partial charge is 0.212 e. The first-order chi connectivity index (χ1) is 10.7. The Balaban J connectivity index is 3.13. The van der Waals surface area contributed by atoms with Crippen LogP contribution in [-0.2, 0) is 0 Å². The Bertz CT molecular complexity index is 244. The van der Waals surface area contributed by atoms with E-state index in [1.54, 1.807) is 0 Å². The highest BCUT2D eigenvalue weighted by atomic mass is 16.6. The summed E-state index contributed by atoms with van der Waals surface area (Å²) < 4.78 is 0. The maximum Gasteiger partial charge on any atom is 0.212 e. The molecule has 132 valence electrons. The van der Waals surface area contributed by atoms with E-state index in [0.717, 1.165) is 12.8 Å². The lowest BCUT2D eigenvalue weighted by molar-refractivity contribution is -0.523. The van der Waals surface area contributed by atoms with Crippen molar-refractivity contribution in [3.8, 4) is 0 Å². The van der Waals surface area contributed by atoms with Crippen molar-refractivity contribution in [3.63, 3.8) is 0 Å². The van der Waals surface area contributed by atoms with Crippen molar-refractivity contribution in [1.29, 1.82) is 0 Å². The molecule has 0 aromatic rings. The van der Waals surface area contributed by atoms with Crippen molar-refractivity contribution < 1.29 is 4.92 Å². The normalized spacial score (nSPS) is 12.5. The van der Waals surface area contributed by atoms with Crippen molar-refractivity contribution in [2.24, 2.45) is 0 Å². The summed E-state index contributed by atoms with van der Waals surface area (Å²) in [7, 11) is 0. The van der Waals surface area contributed by atoms with Gasteiger partial charge in [-0.3, -0.25) is 10.1 Å². The summed E-state index contributed by atoms with van der Waals surface area (Å²) in [4.78, 5) is 10.6. The SMILES string of the molecule is CCCCCCCCCCCCCCCCC(CC)[N+](=O)[O-]. The second-order valence-electron chi connectivity index (χ2n) is 6.73. The molecular weight excluding hydrogens is 274 g/mol. The molecule has 0 rings (SSSR count). The summed E-state index contributed by atoms with van der Waals surface area (Å²) in [6, 6.07) is -0.308. The number of nitrogens with zero attached hydrogens (tertiary/aromatic N) is 1. The molecule has 0 bridgehead atoms. The largest absolute Gasteiger partial charge is 0.264 e. The van der Waals surface area contributed by atoms with Crippen molar-refractivity contribution in [2.45, 2.75) is 123 Å². The Kier molecular flexibility index (Phi) is 16.3. The lowest BCUT2D eigenvalue weighted by Gasteiger charge is -2.06. The lowest BCUT2D eigenvalue weighted by Crippen LogP contribution is -2.17. The summed E-state index contributed by atoms with van der Waals surface area (Å²) in [5.41, 5.74) is 0. The first-order valence-electron chi connectivity index (χ1n) is 9.85. The zero-order valence-electron chi connectivity index (χ0n) is 15.2. The molecule has 0 aliphatic rings. The highest BCUT2D eigenvalue weighted by Crippen LogP contribution is 2.14. The fourth-order valence-corrected chi connectivity index (χ4v) is 3.03. The lowest BCUT2D eigenvalue weighted by atomic mass is 10.0. The van der Waals surface area contributed by atoms with Gasteiger partial charge in [-0.15, -0.1) is 0 Å². The van der Waals surface area contributed by atoms with Gasteiger partial charge in [0.05, 0.1) is 0 Å². The van der Waals surface area contributed by atoms with Gasteiger partial charge in [0.1, 0.15) is 0 Å². The minimum absolute atomic E-state index is 0.109. The van der Waals surface area contributed by atoms with Crippen LogP contribution in [-0.4, -0.2) is 11.0 Å². The van der Waals surface area contributed by atoms with Gasteiger partial charge in [-0.1, -0.05) is 97.3 Å². The van der Waals surface area contributed by atoms with Gasteiger partial charge in [0.2, 0.25) is 6.04 Å². The summed E-state index contributed by atoms with van der Waals surface area (Å²) in [5, 5.41) is 10.7. The van der Waals surface area contributed by atoms with Gasteiger partial charge < -0.3 is 0 Å². The second-order valence-corrected chi connectivity index (χ2v) is 6.73. The molecule has 0 aromatic carbocycles. The molecule has 3 heteroatoms. The monoisotopic (exact) mass is 313 g/mol. The summed E-state index contributed by atoms with van der Waals surface area (Å²) in [6.07, 6.45) is 20.2. The van der Waals surface area contributed by atoms with Crippen molar-refractivity contribution in [2.75, 3.05) is 0 Å². The molecule has 0 aliphatic heterocycles. The van der Waals surface area contributed by atoms with Gasteiger partial charge in [0, 0.05) is 17.8 Å². The molecule has 0 heterocycles. The number of unbranched alkanes of at least 4 members (excludes halogenated alkanes) is 13. The van der Waals surface area contributed by atoms with Crippen molar-refractivity contribution in [1.82, 2.24) is 0 Å². The fourth-order valence-electron chi connectivity index (χ4n) is 3.03. The van der Waals surface area contributed by atoms with E-state index in [1.165, 1.54) is 83.5 Å². The average molecular weight is 314 g/mol. The van der Waals surface area contributed by atoms with Crippen LogP contribution in [0, 0.1) is 10.1 Å². The maximum atomic E-state index is 10.7.